The average molecular weight is 241 g/mol. The molecule has 0 aromatic carbocycles. The van der Waals surface area contributed by atoms with Gasteiger partial charge in [0.1, 0.15) is 5.60 Å². The molecule has 1 aliphatic rings. The van der Waals surface area contributed by atoms with Crippen LogP contribution in [0.2, 0.25) is 0 Å². The predicted octanol–water partition coefficient (Wildman–Crippen LogP) is 2.47. The second kappa shape index (κ2) is 3.95. The first-order valence-corrected chi connectivity index (χ1v) is 6.25. The highest BCUT2D eigenvalue weighted by Crippen LogP contribution is 2.66. The second-order valence-electron chi connectivity index (χ2n) is 3.44. The highest BCUT2D eigenvalue weighted by atomic mass is 35.5. The van der Waals surface area contributed by atoms with E-state index in [2.05, 4.69) is 0 Å². The average Bonchev–Trinajstić information content (AvgIpc) is 2.19. The fraction of sp³-hybridized carbons (Fsp3) is 0.750. The fourth-order valence-electron chi connectivity index (χ4n) is 1.29. The van der Waals surface area contributed by atoms with E-state index in [4.69, 9.17) is 25.8 Å². The maximum absolute atomic E-state index is 12.1. The summed E-state index contributed by atoms with van der Waals surface area (Å²) in [7, 11) is -3.36. The van der Waals surface area contributed by atoms with Crippen molar-refractivity contribution in [3.63, 3.8) is 0 Å². The summed E-state index contributed by atoms with van der Waals surface area (Å²) in [6.07, 6.45) is 0. The van der Waals surface area contributed by atoms with Crippen molar-refractivity contribution in [1.82, 2.24) is 0 Å². The first-order chi connectivity index (χ1) is 6.37. The molecular weight excluding hydrogens is 227 g/mol. The maximum atomic E-state index is 12.1. The third-order valence-electron chi connectivity index (χ3n) is 1.91. The Morgan fingerprint density at radius 1 is 1.64 bits per heavy atom. The third-order valence-corrected chi connectivity index (χ3v) is 5.05. The molecule has 0 radical (unpaired) electrons. The molecule has 0 spiro atoms. The lowest BCUT2D eigenvalue weighted by Crippen LogP contribution is -2.18. The summed E-state index contributed by atoms with van der Waals surface area (Å²) in [6, 6.07) is 0. The van der Waals surface area contributed by atoms with Crippen molar-refractivity contribution in [3.05, 3.63) is 10.3 Å². The number of hydrogen-bond donors (Lipinski definition) is 1. The summed E-state index contributed by atoms with van der Waals surface area (Å²) in [6.45, 7) is 4.92. The van der Waals surface area contributed by atoms with Gasteiger partial charge in [-0.2, -0.15) is 0 Å². The van der Waals surface area contributed by atoms with E-state index in [0.717, 1.165) is 0 Å². The van der Waals surface area contributed by atoms with Crippen molar-refractivity contribution in [3.8, 4) is 0 Å². The van der Waals surface area contributed by atoms with E-state index in [0.29, 0.717) is 0 Å². The molecule has 0 bridgehead atoms. The van der Waals surface area contributed by atoms with Gasteiger partial charge < -0.3 is 9.63 Å². The van der Waals surface area contributed by atoms with Crippen molar-refractivity contribution in [2.45, 2.75) is 26.4 Å². The van der Waals surface area contributed by atoms with Gasteiger partial charge in [0.25, 0.3) is 0 Å². The van der Waals surface area contributed by atoms with Gasteiger partial charge in [0.2, 0.25) is 0 Å². The first-order valence-electron chi connectivity index (χ1n) is 4.33. The summed E-state index contributed by atoms with van der Waals surface area (Å²) < 4.78 is 22.3. The van der Waals surface area contributed by atoms with E-state index in [-0.39, 0.29) is 17.0 Å². The van der Waals surface area contributed by atoms with Crippen LogP contribution in [0, 0.1) is 0 Å². The monoisotopic (exact) mass is 240 g/mol. The van der Waals surface area contributed by atoms with E-state index in [1.54, 1.807) is 20.8 Å². The smallest absolute Gasteiger partial charge is 0.361 e. The topological polar surface area (TPSA) is 55.8 Å². The van der Waals surface area contributed by atoms with Gasteiger partial charge in [0, 0.05) is 0 Å². The van der Waals surface area contributed by atoms with E-state index in [1.807, 2.05) is 0 Å². The lowest BCUT2D eigenvalue weighted by molar-refractivity contribution is 0.133. The molecule has 82 valence electrons. The fourth-order valence-corrected chi connectivity index (χ4v) is 3.79. The molecule has 1 atom stereocenters. The number of aliphatic hydroxyl groups excluding tert-OH is 1. The molecule has 1 rings (SSSR count). The molecule has 14 heavy (non-hydrogen) atoms. The minimum absolute atomic E-state index is 0.172. The van der Waals surface area contributed by atoms with Gasteiger partial charge >= 0.3 is 7.60 Å². The molecule has 0 aromatic heterocycles. The molecule has 0 aliphatic carbocycles. The van der Waals surface area contributed by atoms with Crippen molar-refractivity contribution in [2.24, 2.45) is 0 Å². The van der Waals surface area contributed by atoms with Crippen LogP contribution in [0.4, 0.5) is 0 Å². The molecule has 1 unspecified atom stereocenters. The highest BCUT2D eigenvalue weighted by molar-refractivity contribution is 7.59. The van der Waals surface area contributed by atoms with E-state index in [1.165, 1.54) is 0 Å². The summed E-state index contributed by atoms with van der Waals surface area (Å²) in [5.41, 5.74) is -0.843. The van der Waals surface area contributed by atoms with Gasteiger partial charge in [-0.15, -0.1) is 0 Å². The van der Waals surface area contributed by atoms with E-state index >= 15 is 0 Å². The summed E-state index contributed by atoms with van der Waals surface area (Å²) in [4.78, 5) is 0. The second-order valence-corrected chi connectivity index (χ2v) is 5.79. The number of rotatable bonds is 3. The molecule has 1 heterocycles. The summed E-state index contributed by atoms with van der Waals surface area (Å²) >= 11 is 5.93. The van der Waals surface area contributed by atoms with Gasteiger partial charge in [-0.25, -0.2) is 0 Å². The molecular formula is C8H14ClO4P. The zero-order chi connectivity index (χ0) is 11.0. The van der Waals surface area contributed by atoms with Gasteiger partial charge in [0.05, 0.1) is 23.6 Å². The van der Waals surface area contributed by atoms with Crippen molar-refractivity contribution < 1.29 is 18.7 Å². The predicted molar refractivity (Wildman–Crippen MR) is 54.4 cm³/mol. The van der Waals surface area contributed by atoms with Crippen LogP contribution in [-0.4, -0.2) is 23.9 Å². The molecule has 0 fully saturated rings. The van der Waals surface area contributed by atoms with Crippen LogP contribution in [0.1, 0.15) is 20.8 Å². The molecule has 0 amide bonds. The van der Waals surface area contributed by atoms with E-state index < -0.39 is 19.8 Å². The van der Waals surface area contributed by atoms with E-state index in [9.17, 15) is 4.57 Å². The Kier molecular flexibility index (Phi) is 3.45. The van der Waals surface area contributed by atoms with Crippen LogP contribution in [-0.2, 0) is 13.6 Å². The van der Waals surface area contributed by atoms with Crippen LogP contribution in [0.15, 0.2) is 10.3 Å². The lowest BCUT2D eigenvalue weighted by atomic mass is 10.1. The molecule has 4 nitrogen and oxygen atoms in total. The molecule has 1 aliphatic heterocycles. The van der Waals surface area contributed by atoms with Crippen LogP contribution in [0.5, 0.6) is 0 Å². The minimum Gasteiger partial charge on any atom is -0.391 e. The largest absolute Gasteiger partial charge is 0.391 e. The zero-order valence-electron chi connectivity index (χ0n) is 8.41. The Morgan fingerprint density at radius 2 is 2.21 bits per heavy atom. The number of halogens is 1. The Labute approximate surface area is 88.4 Å². The highest BCUT2D eigenvalue weighted by Gasteiger charge is 2.48. The molecule has 0 aromatic rings. The van der Waals surface area contributed by atoms with Gasteiger partial charge in [0.15, 0.2) is 0 Å². The maximum Gasteiger partial charge on any atom is 0.361 e. The van der Waals surface area contributed by atoms with Crippen LogP contribution in [0.25, 0.3) is 0 Å². The van der Waals surface area contributed by atoms with Gasteiger partial charge in [-0.05, 0) is 20.8 Å². The quantitative estimate of drug-likeness (QED) is 0.770. The van der Waals surface area contributed by atoms with Crippen molar-refractivity contribution in [1.29, 1.82) is 0 Å². The van der Waals surface area contributed by atoms with Crippen LogP contribution < -0.4 is 0 Å². The first kappa shape index (κ1) is 12.2. The molecule has 0 saturated heterocycles. The Hall–Kier alpha value is 0.140. The van der Waals surface area contributed by atoms with Crippen LogP contribution in [0.3, 0.4) is 0 Å². The molecule has 1 N–H and O–H groups in total. The Bertz CT molecular complexity index is 310. The molecule has 6 heteroatoms. The lowest BCUT2D eigenvalue weighted by Gasteiger charge is -2.20. The Balaban J connectivity index is 3.11. The van der Waals surface area contributed by atoms with Crippen molar-refractivity contribution >= 4 is 19.2 Å². The standard InChI is InChI=1S/C8H14ClO4P/c1-4-12-14(11)6(5-10)7(9)8(2,3)13-14/h10H,4-5H2,1-3H3. The number of aliphatic hydroxyl groups is 1. The van der Waals surface area contributed by atoms with Gasteiger partial charge in [-0.1, -0.05) is 11.6 Å². The zero-order valence-corrected chi connectivity index (χ0v) is 10.1. The molecule has 0 saturated carbocycles. The Morgan fingerprint density at radius 3 is 2.64 bits per heavy atom. The minimum atomic E-state index is -3.36. The SMILES string of the molecule is CCOP1(=O)OC(C)(C)C(Cl)=C1CO. The summed E-state index contributed by atoms with van der Waals surface area (Å²) in [5.74, 6) is 0. The van der Waals surface area contributed by atoms with Crippen molar-refractivity contribution in [2.75, 3.05) is 13.2 Å². The normalized spacial score (nSPS) is 31.2. The number of hydrogen-bond acceptors (Lipinski definition) is 4. The third kappa shape index (κ3) is 1.90. The van der Waals surface area contributed by atoms with Crippen LogP contribution >= 0.6 is 19.2 Å². The van der Waals surface area contributed by atoms with Gasteiger partial charge in [-0.3, -0.25) is 9.09 Å². The summed E-state index contributed by atoms with van der Waals surface area (Å²) in [5, 5.41) is 9.50.